The molecule has 21 heavy (non-hydrogen) atoms. The highest BCUT2D eigenvalue weighted by molar-refractivity contribution is 6.30. The van der Waals surface area contributed by atoms with E-state index in [4.69, 9.17) is 11.6 Å². The number of nitrogens with zero attached hydrogens (tertiary/aromatic N) is 2. The van der Waals surface area contributed by atoms with Gasteiger partial charge in [-0.25, -0.2) is 4.68 Å². The lowest BCUT2D eigenvalue weighted by Crippen LogP contribution is -2.21. The number of Topliss-reactive ketones (excluding diaryl/α,β-unsaturated/α-hetero) is 1. The number of halogens is 1. The maximum Gasteiger partial charge on any atom is 0.214 e. The Labute approximate surface area is 126 Å². The highest BCUT2D eigenvalue weighted by Crippen LogP contribution is 2.13. The molecule has 0 saturated carbocycles. The smallest absolute Gasteiger partial charge is 0.214 e. The van der Waals surface area contributed by atoms with Crippen LogP contribution in [0, 0.1) is 0 Å². The number of ketones is 1. The maximum absolute atomic E-state index is 12.2. The van der Waals surface area contributed by atoms with Gasteiger partial charge in [-0.2, -0.15) is 5.10 Å². The Morgan fingerprint density at radius 3 is 2.81 bits per heavy atom. The molecule has 2 aromatic rings. The molecule has 1 aromatic heterocycles. The van der Waals surface area contributed by atoms with Crippen LogP contribution in [-0.4, -0.2) is 22.6 Å². The molecule has 6 heteroatoms. The Morgan fingerprint density at radius 1 is 1.38 bits per heavy atom. The Morgan fingerprint density at radius 2 is 2.14 bits per heavy atom. The van der Waals surface area contributed by atoms with Gasteiger partial charge in [-0.3, -0.25) is 9.59 Å². The summed E-state index contributed by atoms with van der Waals surface area (Å²) in [6.45, 7) is 1.62. The Balaban J connectivity index is 2.50. The Hall–Kier alpha value is -2.40. The van der Waals surface area contributed by atoms with Gasteiger partial charge in [0.05, 0.1) is 5.69 Å². The van der Waals surface area contributed by atoms with Crippen molar-refractivity contribution in [2.45, 2.75) is 6.92 Å². The number of carbonyl (C=O) groups is 1. The van der Waals surface area contributed by atoms with E-state index >= 15 is 0 Å². The molecule has 1 aromatic carbocycles. The summed E-state index contributed by atoms with van der Waals surface area (Å²) in [7, 11) is 1.68. The second-order valence-electron chi connectivity index (χ2n) is 4.40. The van der Waals surface area contributed by atoms with Crippen LogP contribution in [0.3, 0.4) is 0 Å². The van der Waals surface area contributed by atoms with Crippen molar-refractivity contribution >= 4 is 17.4 Å². The van der Waals surface area contributed by atoms with Crippen molar-refractivity contribution in [2.75, 3.05) is 7.05 Å². The maximum atomic E-state index is 12.2. The molecule has 0 saturated heterocycles. The van der Waals surface area contributed by atoms with E-state index in [1.165, 1.54) is 23.1 Å². The lowest BCUT2D eigenvalue weighted by atomic mass is 10.1. The van der Waals surface area contributed by atoms with Crippen molar-refractivity contribution in [3.8, 4) is 5.69 Å². The number of allylic oxidation sites excluding steroid dienone is 1. The van der Waals surface area contributed by atoms with Crippen LogP contribution in [0.4, 0.5) is 0 Å². The van der Waals surface area contributed by atoms with E-state index in [0.717, 1.165) is 0 Å². The molecule has 108 valence electrons. The largest absolute Gasteiger partial charge is 0.394 e. The van der Waals surface area contributed by atoms with E-state index in [2.05, 4.69) is 10.4 Å². The predicted octanol–water partition coefficient (Wildman–Crippen LogP) is 2.19. The van der Waals surface area contributed by atoms with Gasteiger partial charge in [-0.15, -0.1) is 0 Å². The summed E-state index contributed by atoms with van der Waals surface area (Å²) < 4.78 is 1.45. The highest BCUT2D eigenvalue weighted by atomic mass is 35.5. The molecule has 0 amide bonds. The molecule has 0 unspecified atom stereocenters. The van der Waals surface area contributed by atoms with E-state index < -0.39 is 11.2 Å². The molecule has 0 aliphatic rings. The fraction of sp³-hybridized carbons (Fsp3) is 0.133. The predicted molar refractivity (Wildman–Crippen MR) is 82.0 cm³/mol. The lowest BCUT2D eigenvalue weighted by Gasteiger charge is -2.07. The Bertz CT molecular complexity index is 766. The van der Waals surface area contributed by atoms with Crippen molar-refractivity contribution in [3.63, 3.8) is 0 Å². The van der Waals surface area contributed by atoms with Crippen LogP contribution >= 0.6 is 11.6 Å². The summed E-state index contributed by atoms with van der Waals surface area (Å²) in [5.41, 5.74) is 0.543. The number of carbonyl (C=O) groups excluding carboxylic acids is 1. The van der Waals surface area contributed by atoms with Crippen molar-refractivity contribution < 1.29 is 4.79 Å². The van der Waals surface area contributed by atoms with Gasteiger partial charge in [0.15, 0.2) is 5.69 Å². The molecular formula is C15H14ClN3O2. The average molecular weight is 304 g/mol. The molecule has 0 aliphatic carbocycles. The molecule has 0 spiro atoms. The number of rotatable bonds is 4. The number of aromatic nitrogens is 2. The van der Waals surface area contributed by atoms with Crippen LogP contribution in [-0.2, 0) is 0 Å². The van der Waals surface area contributed by atoms with E-state index in [1.807, 2.05) is 0 Å². The van der Waals surface area contributed by atoms with Gasteiger partial charge in [-0.1, -0.05) is 17.7 Å². The minimum Gasteiger partial charge on any atom is -0.394 e. The van der Waals surface area contributed by atoms with E-state index in [-0.39, 0.29) is 5.69 Å². The third-order valence-electron chi connectivity index (χ3n) is 2.82. The van der Waals surface area contributed by atoms with Gasteiger partial charge in [0.2, 0.25) is 11.2 Å². The highest BCUT2D eigenvalue weighted by Gasteiger charge is 2.15. The molecule has 2 rings (SSSR count). The molecule has 0 fully saturated rings. The van der Waals surface area contributed by atoms with Crippen LogP contribution in [0.15, 0.2) is 53.1 Å². The van der Waals surface area contributed by atoms with Crippen LogP contribution in [0.1, 0.15) is 17.4 Å². The van der Waals surface area contributed by atoms with Crippen molar-refractivity contribution in [3.05, 3.63) is 69.2 Å². The molecular weight excluding hydrogens is 290 g/mol. The van der Waals surface area contributed by atoms with Crippen LogP contribution < -0.4 is 10.7 Å². The monoisotopic (exact) mass is 303 g/mol. The second kappa shape index (κ2) is 6.37. The topological polar surface area (TPSA) is 64.0 Å². The first kappa shape index (κ1) is 15.0. The van der Waals surface area contributed by atoms with Crippen molar-refractivity contribution in [1.29, 1.82) is 0 Å². The molecule has 0 aliphatic heterocycles. The summed E-state index contributed by atoms with van der Waals surface area (Å²) in [6, 6.07) is 8.30. The molecule has 0 bridgehead atoms. The average Bonchev–Trinajstić information content (AvgIpc) is 2.47. The zero-order chi connectivity index (χ0) is 15.4. The summed E-state index contributed by atoms with van der Waals surface area (Å²) in [5.74, 6) is -0.411. The first-order valence-corrected chi connectivity index (χ1v) is 6.65. The minimum absolute atomic E-state index is 0.124. The van der Waals surface area contributed by atoms with Gasteiger partial charge >= 0.3 is 0 Å². The molecule has 0 atom stereocenters. The van der Waals surface area contributed by atoms with Gasteiger partial charge < -0.3 is 5.32 Å². The SMILES string of the molecule is CN/C=C(\C)C(=O)c1nn(-c2cccc(Cl)c2)ccc1=O. The quantitative estimate of drug-likeness (QED) is 0.694. The van der Waals surface area contributed by atoms with Crippen LogP contribution in [0.25, 0.3) is 5.69 Å². The molecule has 1 heterocycles. The summed E-state index contributed by atoms with van der Waals surface area (Å²) in [6.07, 6.45) is 3.03. The van der Waals surface area contributed by atoms with Crippen LogP contribution in [0.2, 0.25) is 5.02 Å². The first-order chi connectivity index (χ1) is 10.0. The first-order valence-electron chi connectivity index (χ1n) is 6.27. The van der Waals surface area contributed by atoms with E-state index in [9.17, 15) is 9.59 Å². The number of benzene rings is 1. The zero-order valence-corrected chi connectivity index (χ0v) is 12.4. The second-order valence-corrected chi connectivity index (χ2v) is 4.83. The standard InChI is InChI=1S/C15H14ClN3O2/c1-10(9-17-2)15(21)14-13(20)6-7-19(18-14)12-5-3-4-11(16)8-12/h3-9,17H,1-2H3/b10-9+. The normalized spacial score (nSPS) is 11.3. The van der Waals surface area contributed by atoms with Gasteiger partial charge in [-0.05, 0) is 25.1 Å². The number of hydrogen-bond acceptors (Lipinski definition) is 4. The fourth-order valence-corrected chi connectivity index (χ4v) is 1.98. The Kier molecular flexibility index (Phi) is 4.55. The minimum atomic E-state index is -0.415. The van der Waals surface area contributed by atoms with Gasteiger partial charge in [0.1, 0.15) is 0 Å². The molecule has 5 nitrogen and oxygen atoms in total. The third kappa shape index (κ3) is 3.38. The number of hydrogen-bond donors (Lipinski definition) is 1. The molecule has 0 radical (unpaired) electrons. The summed E-state index contributed by atoms with van der Waals surface area (Å²) in [4.78, 5) is 24.0. The van der Waals surface area contributed by atoms with Crippen molar-refractivity contribution in [2.24, 2.45) is 0 Å². The van der Waals surface area contributed by atoms with Gasteiger partial charge in [0.25, 0.3) is 0 Å². The number of nitrogens with one attached hydrogen (secondary N) is 1. The van der Waals surface area contributed by atoms with E-state index in [0.29, 0.717) is 16.3 Å². The van der Waals surface area contributed by atoms with E-state index in [1.54, 1.807) is 38.2 Å². The fourth-order valence-electron chi connectivity index (χ4n) is 1.80. The van der Waals surface area contributed by atoms with Gasteiger partial charge in [0, 0.05) is 36.1 Å². The molecule has 1 N–H and O–H groups in total. The third-order valence-corrected chi connectivity index (χ3v) is 3.05. The lowest BCUT2D eigenvalue weighted by molar-refractivity contribution is 0.102. The summed E-state index contributed by atoms with van der Waals surface area (Å²) in [5, 5.41) is 7.42. The summed E-state index contributed by atoms with van der Waals surface area (Å²) >= 11 is 5.93. The zero-order valence-electron chi connectivity index (χ0n) is 11.6. The van der Waals surface area contributed by atoms with Crippen LogP contribution in [0.5, 0.6) is 0 Å². The van der Waals surface area contributed by atoms with Crippen molar-refractivity contribution in [1.82, 2.24) is 15.1 Å².